The molecular weight excluding hydrogens is 274 g/mol. The van der Waals surface area contributed by atoms with Crippen molar-refractivity contribution in [2.45, 2.75) is 46.1 Å². The molecule has 20 heavy (non-hydrogen) atoms. The van der Waals surface area contributed by atoms with Crippen molar-refractivity contribution in [2.75, 3.05) is 6.54 Å². The molecule has 2 aliphatic rings. The van der Waals surface area contributed by atoms with Crippen LogP contribution in [0, 0.1) is 10.8 Å². The summed E-state index contributed by atoms with van der Waals surface area (Å²) in [6, 6.07) is 0.328. The van der Waals surface area contributed by atoms with Gasteiger partial charge >= 0.3 is 0 Å². The Morgan fingerprint density at radius 3 is 2.70 bits per heavy atom. The molecule has 110 valence electrons. The smallest absolute Gasteiger partial charge is 0.276 e. The number of amides is 1. The Hall–Kier alpha value is -1.03. The molecule has 3 rings (SSSR count). The number of halogens is 1. The van der Waals surface area contributed by atoms with Crippen molar-refractivity contribution in [2.24, 2.45) is 17.9 Å². The summed E-state index contributed by atoms with van der Waals surface area (Å²) in [4.78, 5) is 14.7. The highest BCUT2D eigenvalue weighted by Crippen LogP contribution is 2.52. The molecule has 1 saturated heterocycles. The minimum Gasteiger partial charge on any atom is -0.334 e. The SMILES string of the molecule is Cn1cc(Cl)c(C(=O)N2C[C@]3(C)C[C@H]2CC(C)(C)C3)n1. The van der Waals surface area contributed by atoms with Gasteiger partial charge in [-0.25, -0.2) is 0 Å². The molecule has 1 amide bonds. The second kappa shape index (κ2) is 4.23. The Bertz CT molecular complexity index is 565. The van der Waals surface area contributed by atoms with Crippen LogP contribution in [0.1, 0.15) is 50.5 Å². The van der Waals surface area contributed by atoms with Crippen LogP contribution in [0.3, 0.4) is 0 Å². The summed E-state index contributed by atoms with van der Waals surface area (Å²) in [5.74, 6) is -0.0120. The molecule has 2 heterocycles. The zero-order valence-electron chi connectivity index (χ0n) is 12.6. The predicted octanol–water partition coefficient (Wildman–Crippen LogP) is 3.11. The molecule has 0 unspecified atom stereocenters. The van der Waals surface area contributed by atoms with E-state index in [4.69, 9.17) is 11.6 Å². The first-order valence-corrected chi connectivity index (χ1v) is 7.57. The van der Waals surface area contributed by atoms with Crippen LogP contribution in [0.2, 0.25) is 5.02 Å². The maximum atomic E-state index is 12.7. The molecule has 0 N–H and O–H groups in total. The van der Waals surface area contributed by atoms with Crippen LogP contribution in [0.4, 0.5) is 0 Å². The van der Waals surface area contributed by atoms with Gasteiger partial charge < -0.3 is 4.90 Å². The van der Waals surface area contributed by atoms with E-state index in [1.165, 1.54) is 6.42 Å². The van der Waals surface area contributed by atoms with Crippen LogP contribution >= 0.6 is 11.6 Å². The average molecular weight is 296 g/mol. The lowest BCUT2D eigenvalue weighted by molar-refractivity contribution is 0.0701. The third-order valence-corrected chi connectivity index (χ3v) is 4.94. The second-order valence-corrected chi connectivity index (χ2v) is 8.05. The first-order chi connectivity index (χ1) is 9.19. The summed E-state index contributed by atoms with van der Waals surface area (Å²) in [5, 5.41) is 4.67. The summed E-state index contributed by atoms with van der Waals surface area (Å²) in [5.41, 5.74) is 0.937. The molecule has 0 radical (unpaired) electrons. The Labute approximate surface area is 125 Å². The predicted molar refractivity (Wildman–Crippen MR) is 78.8 cm³/mol. The summed E-state index contributed by atoms with van der Waals surface area (Å²) < 4.78 is 1.60. The molecular formula is C15H22ClN3O. The standard InChI is InChI=1S/C15H22ClN3O/c1-14(2)5-10-6-15(3,8-14)9-19(10)13(20)12-11(16)7-18(4)17-12/h7,10H,5-6,8-9H2,1-4H3/t10-,15-/m1/s1. The van der Waals surface area contributed by atoms with E-state index in [9.17, 15) is 4.79 Å². The minimum absolute atomic E-state index is 0.0120. The largest absolute Gasteiger partial charge is 0.334 e. The van der Waals surface area contributed by atoms with Gasteiger partial charge in [-0.05, 0) is 30.1 Å². The van der Waals surface area contributed by atoms with E-state index in [0.29, 0.717) is 22.2 Å². The van der Waals surface area contributed by atoms with Gasteiger partial charge in [-0.3, -0.25) is 9.48 Å². The highest BCUT2D eigenvalue weighted by Gasteiger charge is 2.51. The van der Waals surface area contributed by atoms with Crippen LogP contribution in [0.15, 0.2) is 6.20 Å². The lowest BCUT2D eigenvalue weighted by atomic mass is 9.65. The van der Waals surface area contributed by atoms with Crippen LogP contribution in [0.25, 0.3) is 0 Å². The third kappa shape index (κ3) is 2.24. The minimum atomic E-state index is -0.0120. The Morgan fingerprint density at radius 2 is 2.10 bits per heavy atom. The maximum Gasteiger partial charge on any atom is 0.276 e. The topological polar surface area (TPSA) is 38.1 Å². The summed E-state index contributed by atoms with van der Waals surface area (Å²) in [6.07, 6.45) is 5.03. The van der Waals surface area contributed by atoms with E-state index in [0.717, 1.165) is 19.4 Å². The molecule has 4 nitrogen and oxygen atoms in total. The molecule has 1 saturated carbocycles. The number of rotatable bonds is 1. The summed E-state index contributed by atoms with van der Waals surface area (Å²) in [6.45, 7) is 7.74. The van der Waals surface area contributed by atoms with Crippen molar-refractivity contribution in [3.8, 4) is 0 Å². The first-order valence-electron chi connectivity index (χ1n) is 7.19. The fourth-order valence-corrected chi connectivity index (χ4v) is 4.70. The fourth-order valence-electron chi connectivity index (χ4n) is 4.44. The van der Waals surface area contributed by atoms with Crippen LogP contribution in [-0.2, 0) is 7.05 Å². The number of fused-ring (bicyclic) bond motifs is 2. The van der Waals surface area contributed by atoms with Crippen molar-refractivity contribution in [3.05, 3.63) is 16.9 Å². The van der Waals surface area contributed by atoms with Gasteiger partial charge in [0.1, 0.15) is 0 Å². The average Bonchev–Trinajstić information content (AvgIpc) is 2.73. The molecule has 1 aliphatic heterocycles. The van der Waals surface area contributed by atoms with Gasteiger partial charge in [0, 0.05) is 25.8 Å². The Balaban J connectivity index is 1.89. The van der Waals surface area contributed by atoms with E-state index in [1.807, 2.05) is 4.90 Å². The maximum absolute atomic E-state index is 12.7. The van der Waals surface area contributed by atoms with Crippen molar-refractivity contribution in [1.82, 2.24) is 14.7 Å². The van der Waals surface area contributed by atoms with Crippen molar-refractivity contribution in [3.63, 3.8) is 0 Å². The summed E-state index contributed by atoms with van der Waals surface area (Å²) in [7, 11) is 1.79. The van der Waals surface area contributed by atoms with Crippen molar-refractivity contribution < 1.29 is 4.79 Å². The van der Waals surface area contributed by atoms with E-state index in [1.54, 1.807) is 17.9 Å². The Morgan fingerprint density at radius 1 is 1.40 bits per heavy atom. The van der Waals surface area contributed by atoms with Gasteiger partial charge in [-0.2, -0.15) is 5.10 Å². The van der Waals surface area contributed by atoms with Gasteiger partial charge in [-0.15, -0.1) is 0 Å². The van der Waals surface area contributed by atoms with Crippen molar-refractivity contribution >= 4 is 17.5 Å². The number of carbonyl (C=O) groups excluding carboxylic acids is 1. The zero-order valence-corrected chi connectivity index (χ0v) is 13.4. The zero-order chi connectivity index (χ0) is 14.7. The van der Waals surface area contributed by atoms with Gasteiger partial charge in [0.15, 0.2) is 5.69 Å². The monoisotopic (exact) mass is 295 g/mol. The molecule has 0 aromatic carbocycles. The molecule has 1 aromatic rings. The molecule has 2 atom stereocenters. The van der Waals surface area contributed by atoms with Crippen LogP contribution < -0.4 is 0 Å². The number of likely N-dealkylation sites (tertiary alicyclic amines) is 1. The summed E-state index contributed by atoms with van der Waals surface area (Å²) >= 11 is 6.12. The van der Waals surface area contributed by atoms with Gasteiger partial charge in [0.2, 0.25) is 0 Å². The molecule has 0 spiro atoms. The third-order valence-electron chi connectivity index (χ3n) is 4.66. The number of nitrogens with zero attached hydrogens (tertiary/aromatic N) is 3. The van der Waals surface area contributed by atoms with Crippen LogP contribution in [0.5, 0.6) is 0 Å². The fraction of sp³-hybridized carbons (Fsp3) is 0.733. The molecule has 1 aliphatic carbocycles. The lowest BCUT2D eigenvalue weighted by Crippen LogP contribution is -2.38. The van der Waals surface area contributed by atoms with Crippen LogP contribution in [-0.4, -0.2) is 33.2 Å². The highest BCUT2D eigenvalue weighted by molar-refractivity contribution is 6.33. The number of hydrogen-bond acceptors (Lipinski definition) is 2. The van der Waals surface area contributed by atoms with E-state index in [2.05, 4.69) is 25.9 Å². The van der Waals surface area contributed by atoms with Gasteiger partial charge in [0.05, 0.1) is 5.02 Å². The molecule has 2 bridgehead atoms. The molecule has 2 fully saturated rings. The van der Waals surface area contributed by atoms with Crippen molar-refractivity contribution in [1.29, 1.82) is 0 Å². The number of hydrogen-bond donors (Lipinski definition) is 0. The normalized spacial score (nSPS) is 31.6. The van der Waals surface area contributed by atoms with E-state index < -0.39 is 0 Å². The second-order valence-electron chi connectivity index (χ2n) is 7.65. The number of aromatic nitrogens is 2. The van der Waals surface area contributed by atoms with Gasteiger partial charge in [0.25, 0.3) is 5.91 Å². The molecule has 1 aromatic heterocycles. The number of carbonyl (C=O) groups is 1. The van der Waals surface area contributed by atoms with Gasteiger partial charge in [-0.1, -0.05) is 32.4 Å². The van der Waals surface area contributed by atoms with E-state index >= 15 is 0 Å². The quantitative estimate of drug-likeness (QED) is 0.798. The highest BCUT2D eigenvalue weighted by atomic mass is 35.5. The Kier molecular flexibility index (Phi) is 2.95. The molecule has 5 heteroatoms. The lowest BCUT2D eigenvalue weighted by Gasteiger charge is -2.39. The first kappa shape index (κ1) is 13.9. The number of aryl methyl sites for hydroxylation is 1. The van der Waals surface area contributed by atoms with E-state index in [-0.39, 0.29) is 11.3 Å².